The van der Waals surface area contributed by atoms with Crippen LogP contribution in [0.25, 0.3) is 22.0 Å². The molecule has 3 rings (SSSR count). The minimum absolute atomic E-state index is 0.368. The molecule has 0 fully saturated rings. The lowest BCUT2D eigenvalue weighted by molar-refractivity contribution is 0.0996. The number of fused-ring (bicyclic) bond motifs is 1. The summed E-state index contributed by atoms with van der Waals surface area (Å²) in [5.74, 6) is 0.227. The Kier molecular flexibility index (Phi) is 4.30. The Balaban J connectivity index is 2.12. The first-order valence-corrected chi connectivity index (χ1v) is 7.54. The van der Waals surface area contributed by atoms with Gasteiger partial charge in [-0.05, 0) is 36.7 Å². The molecule has 0 unspecified atom stereocenters. The predicted octanol–water partition coefficient (Wildman–Crippen LogP) is 2.66. The number of H-pyrrole nitrogens is 1. The molecule has 1 amide bonds. The molecule has 23 heavy (non-hydrogen) atoms. The van der Waals surface area contributed by atoms with Crippen LogP contribution in [0.1, 0.15) is 16.9 Å². The normalized spacial score (nSPS) is 10.8. The molecular formula is C18H19N3O2. The maximum atomic E-state index is 11.5. The molecule has 0 spiro atoms. The summed E-state index contributed by atoms with van der Waals surface area (Å²) >= 11 is 0. The first-order valence-electron chi connectivity index (χ1n) is 7.54. The number of hydrogen-bond donors (Lipinski definition) is 3. The van der Waals surface area contributed by atoms with Crippen LogP contribution in [0.3, 0.4) is 0 Å². The molecule has 0 bridgehead atoms. The van der Waals surface area contributed by atoms with E-state index in [0.29, 0.717) is 18.8 Å². The lowest BCUT2D eigenvalue weighted by atomic mass is 10.0. The van der Waals surface area contributed by atoms with Gasteiger partial charge in [-0.1, -0.05) is 30.3 Å². The van der Waals surface area contributed by atoms with Crippen LogP contribution in [0.4, 0.5) is 0 Å². The standard InChI is InChI=1S/C18H19N3O2/c19-9-4-10-23-16-8-7-13(12-5-2-1-3-6-12)17-14(16)11-15(21-17)18(20)22/h1-3,5-8,11,21H,4,9-10,19H2,(H2,20,22). The van der Waals surface area contributed by atoms with Gasteiger partial charge in [0.05, 0.1) is 12.1 Å². The Morgan fingerprint density at radius 2 is 1.91 bits per heavy atom. The minimum atomic E-state index is -0.492. The summed E-state index contributed by atoms with van der Waals surface area (Å²) < 4.78 is 5.79. The highest BCUT2D eigenvalue weighted by Crippen LogP contribution is 2.34. The number of benzene rings is 2. The van der Waals surface area contributed by atoms with Crippen molar-refractivity contribution in [3.05, 3.63) is 54.2 Å². The number of aromatic amines is 1. The van der Waals surface area contributed by atoms with Crippen LogP contribution in [0.5, 0.6) is 5.75 Å². The van der Waals surface area contributed by atoms with Gasteiger partial charge in [-0.2, -0.15) is 0 Å². The number of hydrogen-bond acceptors (Lipinski definition) is 3. The second-order valence-corrected chi connectivity index (χ2v) is 5.30. The molecule has 0 radical (unpaired) electrons. The summed E-state index contributed by atoms with van der Waals surface area (Å²) in [6, 6.07) is 15.6. The van der Waals surface area contributed by atoms with Crippen molar-refractivity contribution in [1.82, 2.24) is 4.98 Å². The van der Waals surface area contributed by atoms with Gasteiger partial charge in [0, 0.05) is 10.9 Å². The zero-order valence-electron chi connectivity index (χ0n) is 12.7. The molecule has 0 aliphatic heterocycles. The summed E-state index contributed by atoms with van der Waals surface area (Å²) in [7, 11) is 0. The fraction of sp³-hybridized carbons (Fsp3) is 0.167. The third kappa shape index (κ3) is 3.05. The van der Waals surface area contributed by atoms with Crippen LogP contribution in [0.2, 0.25) is 0 Å². The van der Waals surface area contributed by atoms with Crippen molar-refractivity contribution in [2.45, 2.75) is 6.42 Å². The molecule has 0 saturated carbocycles. The summed E-state index contributed by atoms with van der Waals surface area (Å²) in [4.78, 5) is 14.6. The minimum Gasteiger partial charge on any atom is -0.493 e. The molecule has 0 aliphatic carbocycles. The quantitative estimate of drug-likeness (QED) is 0.611. The number of carbonyl (C=O) groups excluding carboxylic acids is 1. The molecule has 1 heterocycles. The van der Waals surface area contributed by atoms with Crippen molar-refractivity contribution in [2.24, 2.45) is 11.5 Å². The van der Waals surface area contributed by atoms with Gasteiger partial charge in [-0.15, -0.1) is 0 Å². The van der Waals surface area contributed by atoms with Crippen LogP contribution in [-0.4, -0.2) is 24.0 Å². The zero-order chi connectivity index (χ0) is 16.2. The summed E-state index contributed by atoms with van der Waals surface area (Å²) in [6.45, 7) is 1.11. The van der Waals surface area contributed by atoms with E-state index >= 15 is 0 Å². The van der Waals surface area contributed by atoms with E-state index in [1.54, 1.807) is 6.07 Å². The Morgan fingerprint density at radius 1 is 1.13 bits per heavy atom. The molecule has 1 aromatic heterocycles. The predicted molar refractivity (Wildman–Crippen MR) is 91.4 cm³/mol. The van der Waals surface area contributed by atoms with E-state index in [1.807, 2.05) is 42.5 Å². The molecule has 0 atom stereocenters. The highest BCUT2D eigenvalue weighted by molar-refractivity contribution is 6.04. The van der Waals surface area contributed by atoms with E-state index in [4.69, 9.17) is 16.2 Å². The highest BCUT2D eigenvalue weighted by atomic mass is 16.5. The third-order valence-corrected chi connectivity index (χ3v) is 3.71. The van der Waals surface area contributed by atoms with E-state index in [0.717, 1.165) is 34.2 Å². The van der Waals surface area contributed by atoms with Crippen molar-refractivity contribution in [1.29, 1.82) is 0 Å². The van der Waals surface area contributed by atoms with Gasteiger partial charge in [0.1, 0.15) is 11.4 Å². The topological polar surface area (TPSA) is 94.1 Å². The van der Waals surface area contributed by atoms with E-state index in [-0.39, 0.29) is 0 Å². The zero-order valence-corrected chi connectivity index (χ0v) is 12.7. The van der Waals surface area contributed by atoms with Crippen LogP contribution < -0.4 is 16.2 Å². The fourth-order valence-electron chi connectivity index (χ4n) is 2.58. The third-order valence-electron chi connectivity index (χ3n) is 3.71. The second-order valence-electron chi connectivity index (χ2n) is 5.30. The van der Waals surface area contributed by atoms with Gasteiger partial charge in [-0.25, -0.2) is 0 Å². The first kappa shape index (κ1) is 15.1. The van der Waals surface area contributed by atoms with Gasteiger partial charge in [-0.3, -0.25) is 4.79 Å². The first-order chi connectivity index (χ1) is 11.2. The van der Waals surface area contributed by atoms with Crippen molar-refractivity contribution < 1.29 is 9.53 Å². The van der Waals surface area contributed by atoms with E-state index < -0.39 is 5.91 Å². The number of amides is 1. The van der Waals surface area contributed by atoms with Crippen molar-refractivity contribution in [2.75, 3.05) is 13.2 Å². The number of carbonyl (C=O) groups is 1. The fourth-order valence-corrected chi connectivity index (χ4v) is 2.58. The SMILES string of the molecule is NCCCOc1ccc(-c2ccccc2)c2[nH]c(C(N)=O)cc12. The van der Waals surface area contributed by atoms with Crippen LogP contribution in [0.15, 0.2) is 48.5 Å². The molecule has 2 aromatic carbocycles. The van der Waals surface area contributed by atoms with Gasteiger partial charge in [0.2, 0.25) is 0 Å². The monoisotopic (exact) mass is 309 g/mol. The highest BCUT2D eigenvalue weighted by Gasteiger charge is 2.14. The maximum Gasteiger partial charge on any atom is 0.265 e. The van der Waals surface area contributed by atoms with Gasteiger partial charge < -0.3 is 21.2 Å². The second kappa shape index (κ2) is 6.54. The maximum absolute atomic E-state index is 11.5. The number of rotatable bonds is 6. The van der Waals surface area contributed by atoms with E-state index in [9.17, 15) is 4.79 Å². The van der Waals surface area contributed by atoms with Gasteiger partial charge >= 0.3 is 0 Å². The van der Waals surface area contributed by atoms with Crippen LogP contribution in [0, 0.1) is 0 Å². The van der Waals surface area contributed by atoms with Crippen molar-refractivity contribution in [3.8, 4) is 16.9 Å². The van der Waals surface area contributed by atoms with Crippen LogP contribution in [-0.2, 0) is 0 Å². The van der Waals surface area contributed by atoms with Gasteiger partial charge in [0.25, 0.3) is 5.91 Å². The molecule has 5 heteroatoms. The summed E-state index contributed by atoms with van der Waals surface area (Å²) in [5.41, 5.74) is 14.2. The van der Waals surface area contributed by atoms with E-state index in [2.05, 4.69) is 4.98 Å². The average molecular weight is 309 g/mol. The Bertz CT molecular complexity index is 825. The Labute approximate surface area is 134 Å². The summed E-state index contributed by atoms with van der Waals surface area (Å²) in [6.07, 6.45) is 0.773. The summed E-state index contributed by atoms with van der Waals surface area (Å²) in [5, 5.41) is 0.845. The number of aromatic nitrogens is 1. The Morgan fingerprint density at radius 3 is 2.61 bits per heavy atom. The molecule has 0 aliphatic rings. The molecule has 118 valence electrons. The van der Waals surface area contributed by atoms with Crippen molar-refractivity contribution in [3.63, 3.8) is 0 Å². The lowest BCUT2D eigenvalue weighted by Gasteiger charge is -2.10. The molecular weight excluding hydrogens is 290 g/mol. The number of ether oxygens (including phenoxy) is 1. The van der Waals surface area contributed by atoms with Crippen LogP contribution >= 0.6 is 0 Å². The number of nitrogens with one attached hydrogen (secondary N) is 1. The lowest BCUT2D eigenvalue weighted by Crippen LogP contribution is -2.10. The van der Waals surface area contributed by atoms with E-state index in [1.165, 1.54) is 0 Å². The molecule has 0 saturated heterocycles. The average Bonchev–Trinajstić information content (AvgIpc) is 3.02. The number of primary amides is 1. The largest absolute Gasteiger partial charge is 0.493 e. The van der Waals surface area contributed by atoms with Gasteiger partial charge in [0.15, 0.2) is 0 Å². The Hall–Kier alpha value is -2.79. The van der Waals surface area contributed by atoms with Crippen molar-refractivity contribution >= 4 is 16.8 Å². The smallest absolute Gasteiger partial charge is 0.265 e. The molecule has 5 nitrogen and oxygen atoms in total. The molecule has 3 aromatic rings. The molecule has 5 N–H and O–H groups in total. The number of nitrogens with two attached hydrogens (primary N) is 2.